The summed E-state index contributed by atoms with van der Waals surface area (Å²) in [5, 5.41) is 0. The largest absolute Gasteiger partial charge is 0.465 e. The van der Waals surface area contributed by atoms with Gasteiger partial charge in [0.2, 0.25) is 11.9 Å². The molecule has 2 aromatic rings. The van der Waals surface area contributed by atoms with E-state index in [2.05, 4.69) is 0 Å². The van der Waals surface area contributed by atoms with Gasteiger partial charge in [0.25, 0.3) is 0 Å². The van der Waals surface area contributed by atoms with E-state index >= 15 is 0 Å². The molecule has 0 fully saturated rings. The third kappa shape index (κ3) is 2.44. The molecule has 0 aliphatic heterocycles. The highest BCUT2D eigenvalue weighted by atomic mass is 16.6. The first-order valence-corrected chi connectivity index (χ1v) is 4.97. The molecule has 88 valence electrons. The number of carbonyl (C=O) groups excluding carboxylic acids is 2. The number of Topliss-reactive ketones (excluding diaryl/α,β-unsaturated/α-hetero) is 1. The van der Waals surface area contributed by atoms with Crippen molar-refractivity contribution < 1.29 is 23.2 Å². The molecule has 2 aromatic heterocycles. The van der Waals surface area contributed by atoms with E-state index in [4.69, 9.17) is 13.6 Å². The fourth-order valence-electron chi connectivity index (χ4n) is 1.40. The van der Waals surface area contributed by atoms with Gasteiger partial charge in [-0.1, -0.05) is 0 Å². The number of ketones is 1. The van der Waals surface area contributed by atoms with Gasteiger partial charge in [0.1, 0.15) is 0 Å². The number of carbonyl (C=O) groups is 2. The Morgan fingerprint density at radius 1 is 1.18 bits per heavy atom. The molecule has 0 aliphatic carbocycles. The summed E-state index contributed by atoms with van der Waals surface area (Å²) in [6.45, 7) is 1.23. The first-order chi connectivity index (χ1) is 8.18. The summed E-state index contributed by atoms with van der Waals surface area (Å²) in [5.41, 5.74) is 0. The zero-order chi connectivity index (χ0) is 12.3. The van der Waals surface area contributed by atoms with Crippen LogP contribution in [0.25, 0.3) is 0 Å². The van der Waals surface area contributed by atoms with Crippen LogP contribution in [0.5, 0.6) is 0 Å². The van der Waals surface area contributed by atoms with Gasteiger partial charge in [-0.3, -0.25) is 9.59 Å². The first-order valence-electron chi connectivity index (χ1n) is 4.97. The maximum absolute atomic E-state index is 12.0. The SMILES string of the molecule is CC(=O)O[C@@H](C(=O)c1ccco1)c1ccco1. The third-order valence-corrected chi connectivity index (χ3v) is 2.09. The molecule has 0 bridgehead atoms. The molecule has 0 aliphatic rings. The highest BCUT2D eigenvalue weighted by Crippen LogP contribution is 2.23. The molecule has 0 radical (unpaired) electrons. The second-order valence-corrected chi connectivity index (χ2v) is 3.35. The molecule has 0 N–H and O–H groups in total. The van der Waals surface area contributed by atoms with Crippen molar-refractivity contribution in [3.63, 3.8) is 0 Å². The van der Waals surface area contributed by atoms with Crippen molar-refractivity contribution in [2.24, 2.45) is 0 Å². The molecule has 2 rings (SSSR count). The molecule has 1 atom stereocenters. The molecule has 5 heteroatoms. The van der Waals surface area contributed by atoms with Gasteiger partial charge in [0.15, 0.2) is 11.5 Å². The molecule has 5 nitrogen and oxygen atoms in total. The van der Waals surface area contributed by atoms with E-state index in [0.717, 1.165) is 0 Å². The lowest BCUT2D eigenvalue weighted by Gasteiger charge is -2.11. The molecule has 2 heterocycles. The maximum Gasteiger partial charge on any atom is 0.303 e. The predicted molar refractivity (Wildman–Crippen MR) is 56.3 cm³/mol. The van der Waals surface area contributed by atoms with Crippen LogP contribution in [0.3, 0.4) is 0 Å². The third-order valence-electron chi connectivity index (χ3n) is 2.09. The molecule has 0 unspecified atom stereocenters. The Balaban J connectivity index is 2.28. The lowest BCUT2D eigenvalue weighted by molar-refractivity contribution is -0.145. The predicted octanol–water partition coefficient (Wildman–Crippen LogP) is 2.36. The van der Waals surface area contributed by atoms with Crippen LogP contribution < -0.4 is 0 Å². The van der Waals surface area contributed by atoms with Crippen molar-refractivity contribution in [1.29, 1.82) is 0 Å². The zero-order valence-electron chi connectivity index (χ0n) is 9.08. The molecular weight excluding hydrogens is 224 g/mol. The van der Waals surface area contributed by atoms with Gasteiger partial charge in [-0.2, -0.15) is 0 Å². The summed E-state index contributed by atoms with van der Waals surface area (Å²) >= 11 is 0. The van der Waals surface area contributed by atoms with Crippen LogP contribution in [0.1, 0.15) is 29.3 Å². The monoisotopic (exact) mass is 234 g/mol. The standard InChI is InChI=1S/C12H10O5/c1-8(13)17-12(10-5-3-7-16-10)11(14)9-4-2-6-15-9/h2-7,12H,1H3/t12-/m1/s1. The summed E-state index contributed by atoms with van der Waals surface area (Å²) in [4.78, 5) is 23.0. The molecule has 0 saturated carbocycles. The van der Waals surface area contributed by atoms with Gasteiger partial charge in [-0.05, 0) is 24.3 Å². The number of hydrogen-bond acceptors (Lipinski definition) is 5. The summed E-state index contributed by atoms with van der Waals surface area (Å²) < 4.78 is 15.0. The van der Waals surface area contributed by atoms with Crippen molar-refractivity contribution in [3.8, 4) is 0 Å². The van der Waals surface area contributed by atoms with E-state index in [1.807, 2.05) is 0 Å². The van der Waals surface area contributed by atoms with Crippen molar-refractivity contribution in [2.45, 2.75) is 13.0 Å². The molecule has 0 spiro atoms. The van der Waals surface area contributed by atoms with Crippen LogP contribution in [-0.2, 0) is 9.53 Å². The number of hydrogen-bond donors (Lipinski definition) is 0. The van der Waals surface area contributed by atoms with Crippen LogP contribution in [0, 0.1) is 0 Å². The highest BCUT2D eigenvalue weighted by molar-refractivity contribution is 5.98. The normalized spacial score (nSPS) is 12.1. The number of furan rings is 2. The Morgan fingerprint density at radius 3 is 2.41 bits per heavy atom. The number of esters is 1. The molecular formula is C12H10O5. The lowest BCUT2D eigenvalue weighted by Crippen LogP contribution is -2.17. The summed E-state index contributed by atoms with van der Waals surface area (Å²) in [6, 6.07) is 6.26. The van der Waals surface area contributed by atoms with Crippen LogP contribution in [0.15, 0.2) is 45.6 Å². The lowest BCUT2D eigenvalue weighted by atomic mass is 10.1. The fourth-order valence-corrected chi connectivity index (χ4v) is 1.40. The van der Waals surface area contributed by atoms with E-state index in [0.29, 0.717) is 0 Å². The minimum Gasteiger partial charge on any atom is -0.465 e. The second-order valence-electron chi connectivity index (χ2n) is 3.35. The average Bonchev–Trinajstić information content (AvgIpc) is 2.96. The Kier molecular flexibility index (Phi) is 3.09. The van der Waals surface area contributed by atoms with E-state index < -0.39 is 17.9 Å². The van der Waals surface area contributed by atoms with Gasteiger partial charge in [-0.25, -0.2) is 0 Å². The van der Waals surface area contributed by atoms with E-state index in [-0.39, 0.29) is 11.5 Å². The zero-order valence-corrected chi connectivity index (χ0v) is 9.08. The molecule has 0 saturated heterocycles. The highest BCUT2D eigenvalue weighted by Gasteiger charge is 2.29. The Bertz CT molecular complexity index is 495. The average molecular weight is 234 g/mol. The minimum absolute atomic E-state index is 0.118. The van der Waals surface area contributed by atoms with Crippen molar-refractivity contribution in [3.05, 3.63) is 48.3 Å². The number of rotatable bonds is 4. The topological polar surface area (TPSA) is 69.7 Å². The van der Waals surface area contributed by atoms with Gasteiger partial charge >= 0.3 is 5.97 Å². The molecule has 0 aromatic carbocycles. The van der Waals surface area contributed by atoms with Crippen molar-refractivity contribution >= 4 is 11.8 Å². The minimum atomic E-state index is -1.10. The van der Waals surface area contributed by atoms with Crippen LogP contribution >= 0.6 is 0 Å². The number of ether oxygens (including phenoxy) is 1. The van der Waals surface area contributed by atoms with Gasteiger partial charge in [-0.15, -0.1) is 0 Å². The van der Waals surface area contributed by atoms with Gasteiger partial charge in [0.05, 0.1) is 12.5 Å². The Morgan fingerprint density at radius 2 is 1.88 bits per heavy atom. The Labute approximate surface area is 97.0 Å². The first kappa shape index (κ1) is 11.2. The molecule has 0 amide bonds. The van der Waals surface area contributed by atoms with Gasteiger partial charge < -0.3 is 13.6 Å². The van der Waals surface area contributed by atoms with E-state index in [1.54, 1.807) is 18.2 Å². The van der Waals surface area contributed by atoms with Gasteiger partial charge in [0, 0.05) is 6.92 Å². The van der Waals surface area contributed by atoms with Crippen molar-refractivity contribution in [2.75, 3.05) is 0 Å². The summed E-state index contributed by atoms with van der Waals surface area (Å²) in [7, 11) is 0. The molecule has 17 heavy (non-hydrogen) atoms. The summed E-state index contributed by atoms with van der Waals surface area (Å²) in [6.07, 6.45) is 1.68. The summed E-state index contributed by atoms with van der Waals surface area (Å²) in [5.74, 6) is -0.638. The second kappa shape index (κ2) is 4.69. The van der Waals surface area contributed by atoms with E-state index in [9.17, 15) is 9.59 Å². The fraction of sp³-hybridized carbons (Fsp3) is 0.167. The smallest absolute Gasteiger partial charge is 0.303 e. The van der Waals surface area contributed by atoms with Crippen LogP contribution in [-0.4, -0.2) is 11.8 Å². The van der Waals surface area contributed by atoms with Crippen LogP contribution in [0.4, 0.5) is 0 Å². The van der Waals surface area contributed by atoms with Crippen LogP contribution in [0.2, 0.25) is 0 Å². The Hall–Kier alpha value is -2.30. The van der Waals surface area contributed by atoms with E-state index in [1.165, 1.54) is 25.5 Å². The van der Waals surface area contributed by atoms with Crippen molar-refractivity contribution in [1.82, 2.24) is 0 Å². The maximum atomic E-state index is 12.0. The quantitative estimate of drug-likeness (QED) is 0.600.